The van der Waals surface area contributed by atoms with Crippen molar-refractivity contribution in [1.29, 1.82) is 0 Å². The Morgan fingerprint density at radius 3 is 2.59 bits per heavy atom. The second-order valence-electron chi connectivity index (χ2n) is 8.04. The Kier molecular flexibility index (Phi) is 6.35. The summed E-state index contributed by atoms with van der Waals surface area (Å²) >= 11 is 0. The first-order valence-corrected chi connectivity index (χ1v) is 10.6. The van der Waals surface area contributed by atoms with Gasteiger partial charge in [0.2, 0.25) is 0 Å². The van der Waals surface area contributed by atoms with E-state index < -0.39 is 0 Å². The average Bonchev–Trinajstić information content (AvgIpc) is 3.44. The van der Waals surface area contributed by atoms with E-state index in [-0.39, 0.29) is 12.6 Å². The van der Waals surface area contributed by atoms with Gasteiger partial charge in [-0.05, 0) is 47.7 Å². The van der Waals surface area contributed by atoms with Gasteiger partial charge in [0.15, 0.2) is 12.4 Å². The lowest BCUT2D eigenvalue weighted by molar-refractivity contribution is 0.102. The number of rotatable bonds is 8. The minimum Gasteiger partial charge on any atom is -0.471 e. The van der Waals surface area contributed by atoms with E-state index in [0.717, 1.165) is 5.75 Å². The number of aryl methyl sites for hydroxylation is 1. The highest BCUT2D eigenvalue weighted by Crippen LogP contribution is 2.19. The second kappa shape index (κ2) is 9.51. The van der Waals surface area contributed by atoms with Crippen LogP contribution in [0.25, 0.3) is 0 Å². The van der Waals surface area contributed by atoms with Gasteiger partial charge in [-0.1, -0.05) is 50.2 Å². The predicted molar refractivity (Wildman–Crippen MR) is 124 cm³/mol. The molecule has 7 nitrogen and oxygen atoms in total. The second-order valence-corrected chi connectivity index (χ2v) is 8.04. The van der Waals surface area contributed by atoms with E-state index in [1.807, 2.05) is 30.5 Å². The van der Waals surface area contributed by atoms with Crippen LogP contribution in [0.1, 0.15) is 46.9 Å². The van der Waals surface area contributed by atoms with E-state index in [2.05, 4.69) is 60.6 Å². The van der Waals surface area contributed by atoms with Crippen LogP contribution in [-0.2, 0) is 13.3 Å². The van der Waals surface area contributed by atoms with E-state index in [9.17, 15) is 4.79 Å². The Hall–Kier alpha value is -3.87. The van der Waals surface area contributed by atoms with Crippen LogP contribution in [0.15, 0.2) is 73.2 Å². The molecule has 0 bridgehead atoms. The lowest BCUT2D eigenvalue weighted by Crippen LogP contribution is -2.14. The molecule has 0 aliphatic rings. The number of carbonyl (C=O) groups excluding carboxylic acids is 1. The third kappa shape index (κ3) is 5.24. The molecule has 0 aliphatic heterocycles. The Labute approximate surface area is 187 Å². The summed E-state index contributed by atoms with van der Waals surface area (Å²) < 4.78 is 9.15. The van der Waals surface area contributed by atoms with Crippen LogP contribution in [0.2, 0.25) is 0 Å². The molecule has 1 N–H and O–H groups in total. The molecule has 2 heterocycles. The number of benzene rings is 2. The van der Waals surface area contributed by atoms with Crippen LogP contribution < -0.4 is 10.1 Å². The molecule has 0 unspecified atom stereocenters. The first kappa shape index (κ1) is 21.4. The number of hydrogen-bond acceptors (Lipinski definition) is 4. The number of anilines is 1. The molecule has 4 aromatic rings. The van der Waals surface area contributed by atoms with Crippen molar-refractivity contribution in [1.82, 2.24) is 19.6 Å². The van der Waals surface area contributed by atoms with Gasteiger partial charge in [0, 0.05) is 12.4 Å². The monoisotopic (exact) mass is 429 g/mol. The van der Waals surface area contributed by atoms with Gasteiger partial charge in [-0.3, -0.25) is 9.48 Å². The first-order valence-electron chi connectivity index (χ1n) is 10.6. The third-order valence-corrected chi connectivity index (χ3v) is 5.27. The van der Waals surface area contributed by atoms with Crippen molar-refractivity contribution in [2.24, 2.45) is 0 Å². The zero-order chi connectivity index (χ0) is 22.5. The molecule has 32 heavy (non-hydrogen) atoms. The Bertz CT molecular complexity index is 1190. The summed E-state index contributed by atoms with van der Waals surface area (Å²) in [5.41, 5.74) is 4.59. The fraction of sp³-hybridized carbons (Fsp3) is 0.240. The largest absolute Gasteiger partial charge is 0.471 e. The van der Waals surface area contributed by atoms with Gasteiger partial charge < -0.3 is 10.1 Å². The summed E-state index contributed by atoms with van der Waals surface area (Å²) in [5, 5.41) is 11.5. The van der Waals surface area contributed by atoms with Crippen LogP contribution in [-0.4, -0.2) is 25.5 Å². The standard InChI is InChI=1S/C25H27N5O2/c1-18(2)20-8-10-23(11-9-20)32-17-29-13-12-24(28-29)25(31)27-22-14-26-30(16-22)15-21-7-5-4-6-19(21)3/h4-14,16,18H,15,17H2,1-3H3,(H,27,31). The molecule has 0 saturated heterocycles. The summed E-state index contributed by atoms with van der Waals surface area (Å²) in [6, 6.07) is 17.8. The van der Waals surface area contributed by atoms with Crippen LogP contribution >= 0.6 is 0 Å². The van der Waals surface area contributed by atoms with Gasteiger partial charge in [-0.2, -0.15) is 10.2 Å². The molecule has 4 rings (SSSR count). The van der Waals surface area contributed by atoms with Crippen LogP contribution in [0.4, 0.5) is 5.69 Å². The normalized spacial score (nSPS) is 11.0. The average molecular weight is 430 g/mol. The molecule has 164 valence electrons. The summed E-state index contributed by atoms with van der Waals surface area (Å²) in [6.07, 6.45) is 5.17. The topological polar surface area (TPSA) is 74.0 Å². The van der Waals surface area contributed by atoms with Gasteiger partial charge in [0.25, 0.3) is 5.91 Å². The van der Waals surface area contributed by atoms with Gasteiger partial charge >= 0.3 is 0 Å². The highest BCUT2D eigenvalue weighted by atomic mass is 16.5. The molecule has 2 aromatic heterocycles. The minimum atomic E-state index is -0.291. The highest BCUT2D eigenvalue weighted by Gasteiger charge is 2.12. The Morgan fingerprint density at radius 1 is 1.06 bits per heavy atom. The van der Waals surface area contributed by atoms with E-state index >= 15 is 0 Å². The summed E-state index contributed by atoms with van der Waals surface area (Å²) in [5.74, 6) is 0.947. The summed E-state index contributed by atoms with van der Waals surface area (Å²) in [4.78, 5) is 12.6. The number of nitrogens with zero attached hydrogens (tertiary/aromatic N) is 4. The highest BCUT2D eigenvalue weighted by molar-refractivity contribution is 6.02. The van der Waals surface area contributed by atoms with Gasteiger partial charge in [0.1, 0.15) is 5.75 Å². The molecule has 0 aliphatic carbocycles. The molecular weight excluding hydrogens is 402 g/mol. The molecule has 7 heteroatoms. The molecule has 0 atom stereocenters. The van der Waals surface area contributed by atoms with Gasteiger partial charge in [-0.25, -0.2) is 4.68 Å². The van der Waals surface area contributed by atoms with Crippen molar-refractivity contribution >= 4 is 11.6 Å². The zero-order valence-corrected chi connectivity index (χ0v) is 18.5. The summed E-state index contributed by atoms with van der Waals surface area (Å²) in [7, 11) is 0. The van der Waals surface area contributed by atoms with E-state index in [4.69, 9.17) is 4.74 Å². The zero-order valence-electron chi connectivity index (χ0n) is 18.5. The Morgan fingerprint density at radius 2 is 1.84 bits per heavy atom. The molecule has 2 aromatic carbocycles. The third-order valence-electron chi connectivity index (χ3n) is 5.27. The maximum absolute atomic E-state index is 12.6. The molecule has 0 spiro atoms. The minimum absolute atomic E-state index is 0.225. The van der Waals surface area contributed by atoms with Crippen LogP contribution in [0.3, 0.4) is 0 Å². The van der Waals surface area contributed by atoms with E-state index in [0.29, 0.717) is 23.8 Å². The van der Waals surface area contributed by atoms with Crippen LogP contribution in [0, 0.1) is 6.92 Å². The Balaban J connectivity index is 1.32. The van der Waals surface area contributed by atoms with Crippen LogP contribution in [0.5, 0.6) is 5.75 Å². The van der Waals surface area contributed by atoms with Gasteiger partial charge in [0.05, 0.1) is 18.4 Å². The number of ether oxygens (including phenoxy) is 1. The van der Waals surface area contributed by atoms with E-state index in [1.165, 1.54) is 16.7 Å². The molecule has 0 fully saturated rings. The SMILES string of the molecule is Cc1ccccc1Cn1cc(NC(=O)c2ccn(COc3ccc(C(C)C)cc3)n2)cn1. The number of nitrogens with one attached hydrogen (secondary N) is 1. The van der Waals surface area contributed by atoms with Crippen molar-refractivity contribution in [2.45, 2.75) is 40.0 Å². The van der Waals surface area contributed by atoms with Gasteiger partial charge in [-0.15, -0.1) is 0 Å². The molecule has 0 radical (unpaired) electrons. The summed E-state index contributed by atoms with van der Waals surface area (Å²) in [6.45, 7) is 7.25. The molecule has 1 amide bonds. The number of aromatic nitrogens is 4. The van der Waals surface area contributed by atoms with Crippen molar-refractivity contribution < 1.29 is 9.53 Å². The number of amides is 1. The quantitative estimate of drug-likeness (QED) is 0.435. The smallest absolute Gasteiger partial charge is 0.276 e. The maximum Gasteiger partial charge on any atom is 0.276 e. The molecular formula is C25H27N5O2. The van der Waals surface area contributed by atoms with Crippen molar-refractivity contribution in [3.8, 4) is 5.75 Å². The van der Waals surface area contributed by atoms with Crippen molar-refractivity contribution in [2.75, 3.05) is 5.32 Å². The molecule has 0 saturated carbocycles. The number of carbonyl (C=O) groups is 1. The van der Waals surface area contributed by atoms with Crippen molar-refractivity contribution in [3.63, 3.8) is 0 Å². The fourth-order valence-electron chi connectivity index (χ4n) is 3.32. The lowest BCUT2D eigenvalue weighted by Gasteiger charge is -2.09. The first-order chi connectivity index (χ1) is 15.5. The maximum atomic E-state index is 12.6. The predicted octanol–water partition coefficient (Wildman–Crippen LogP) is 4.85. The van der Waals surface area contributed by atoms with Crippen molar-refractivity contribution in [3.05, 3.63) is 95.6 Å². The number of hydrogen-bond donors (Lipinski definition) is 1. The fourth-order valence-corrected chi connectivity index (χ4v) is 3.32. The lowest BCUT2D eigenvalue weighted by atomic mass is 10.0. The van der Waals surface area contributed by atoms with E-state index in [1.54, 1.807) is 27.8 Å².